The molecule has 1 aromatic rings. The van der Waals surface area contributed by atoms with Crippen molar-refractivity contribution in [1.82, 2.24) is 0 Å². The summed E-state index contributed by atoms with van der Waals surface area (Å²) >= 11 is 0. The molecule has 0 aliphatic heterocycles. The van der Waals surface area contributed by atoms with E-state index < -0.39 is 6.17 Å². The molecule has 0 N–H and O–H groups in total. The van der Waals surface area contributed by atoms with Gasteiger partial charge in [0.25, 0.3) is 0 Å². The van der Waals surface area contributed by atoms with E-state index in [9.17, 15) is 4.39 Å². The average Bonchev–Trinajstić information content (AvgIpc) is 2.03. The molecule has 0 heterocycles. The number of halogens is 1. The van der Waals surface area contributed by atoms with Gasteiger partial charge in [0.15, 0.2) is 0 Å². The van der Waals surface area contributed by atoms with E-state index in [1.807, 2.05) is 24.3 Å². The molecule has 1 aromatic carbocycles. The smallest absolute Gasteiger partial charge is 0.123 e. The Kier molecular flexibility index (Phi) is 2.74. The topological polar surface area (TPSA) is 0 Å². The van der Waals surface area contributed by atoms with Crippen LogP contribution in [0.1, 0.15) is 45.0 Å². The van der Waals surface area contributed by atoms with Gasteiger partial charge in [-0.3, -0.25) is 0 Å². The van der Waals surface area contributed by atoms with Gasteiger partial charge in [-0.05, 0) is 23.5 Å². The predicted octanol–water partition coefficient (Wildman–Crippen LogP) is 4.01. The lowest BCUT2D eigenvalue weighted by atomic mass is 9.83. The fraction of sp³-hybridized carbons (Fsp3) is 0.500. The molecule has 72 valence electrons. The van der Waals surface area contributed by atoms with E-state index in [0.717, 1.165) is 11.1 Å². The van der Waals surface area contributed by atoms with Gasteiger partial charge in [0.2, 0.25) is 0 Å². The van der Waals surface area contributed by atoms with Gasteiger partial charge >= 0.3 is 0 Å². The maximum Gasteiger partial charge on any atom is 0.123 e. The normalized spacial score (nSPS) is 14.2. The number of rotatable bonds is 1. The molecule has 13 heavy (non-hydrogen) atoms. The monoisotopic (exact) mass is 180 g/mol. The summed E-state index contributed by atoms with van der Waals surface area (Å²) in [7, 11) is 0. The minimum atomic E-state index is -0.879. The summed E-state index contributed by atoms with van der Waals surface area (Å²) in [5.74, 6) is 0. The minimum absolute atomic E-state index is 0.0247. The van der Waals surface area contributed by atoms with Crippen LogP contribution in [0.5, 0.6) is 0 Å². The lowest BCUT2D eigenvalue weighted by Crippen LogP contribution is -2.14. The van der Waals surface area contributed by atoms with Gasteiger partial charge in [0.1, 0.15) is 6.17 Å². The number of benzene rings is 1. The minimum Gasteiger partial charge on any atom is -0.243 e. The molecule has 0 aliphatic rings. The van der Waals surface area contributed by atoms with E-state index in [0.29, 0.717) is 0 Å². The second-order valence-electron chi connectivity index (χ2n) is 4.45. The summed E-state index contributed by atoms with van der Waals surface area (Å²) in [6, 6.07) is 7.73. The molecular weight excluding hydrogens is 163 g/mol. The molecule has 0 radical (unpaired) electrons. The second-order valence-corrected chi connectivity index (χ2v) is 4.45. The Balaban J connectivity index is 3.20. The summed E-state index contributed by atoms with van der Waals surface area (Å²) in [5.41, 5.74) is 1.94. The van der Waals surface area contributed by atoms with E-state index in [4.69, 9.17) is 0 Å². The van der Waals surface area contributed by atoms with Gasteiger partial charge in [0, 0.05) is 0 Å². The number of hydrogen-bond acceptors (Lipinski definition) is 0. The number of hydrogen-bond donors (Lipinski definition) is 0. The SMILES string of the molecule is CC(F)c1ccccc1C(C)(C)C. The second kappa shape index (κ2) is 3.49. The highest BCUT2D eigenvalue weighted by Crippen LogP contribution is 2.30. The molecule has 0 spiro atoms. The summed E-state index contributed by atoms with van der Waals surface area (Å²) in [6.07, 6.45) is -0.879. The molecule has 1 atom stereocenters. The van der Waals surface area contributed by atoms with Crippen LogP contribution in [0.3, 0.4) is 0 Å². The van der Waals surface area contributed by atoms with Gasteiger partial charge < -0.3 is 0 Å². The predicted molar refractivity (Wildman–Crippen MR) is 54.7 cm³/mol. The highest BCUT2D eigenvalue weighted by Gasteiger charge is 2.19. The third kappa shape index (κ3) is 2.30. The summed E-state index contributed by atoms with van der Waals surface area (Å²) in [6.45, 7) is 7.90. The van der Waals surface area contributed by atoms with Crippen molar-refractivity contribution in [2.45, 2.75) is 39.3 Å². The average molecular weight is 180 g/mol. The van der Waals surface area contributed by atoms with Crippen LogP contribution in [0, 0.1) is 0 Å². The zero-order chi connectivity index (χ0) is 10.1. The van der Waals surface area contributed by atoms with Gasteiger partial charge in [-0.15, -0.1) is 0 Å². The largest absolute Gasteiger partial charge is 0.243 e. The molecule has 0 fully saturated rings. The molecule has 0 saturated heterocycles. The fourth-order valence-corrected chi connectivity index (χ4v) is 1.53. The molecule has 0 nitrogen and oxygen atoms in total. The standard InChI is InChI=1S/C12H17F/c1-9(13)10-7-5-6-8-11(10)12(2,3)4/h5-9H,1-4H3. The van der Waals surface area contributed by atoms with Crippen LogP contribution in [-0.2, 0) is 5.41 Å². The first-order valence-corrected chi connectivity index (χ1v) is 4.66. The van der Waals surface area contributed by atoms with Crippen molar-refractivity contribution in [3.8, 4) is 0 Å². The highest BCUT2D eigenvalue weighted by molar-refractivity contribution is 5.34. The van der Waals surface area contributed by atoms with Gasteiger partial charge in [-0.1, -0.05) is 45.0 Å². The Hall–Kier alpha value is -0.850. The molecule has 0 bridgehead atoms. The zero-order valence-corrected chi connectivity index (χ0v) is 8.76. The van der Waals surface area contributed by atoms with Crippen LogP contribution in [0.25, 0.3) is 0 Å². The van der Waals surface area contributed by atoms with Crippen LogP contribution in [0.4, 0.5) is 4.39 Å². The Bertz CT molecular complexity index is 281. The third-order valence-electron chi connectivity index (χ3n) is 2.20. The van der Waals surface area contributed by atoms with Crippen LogP contribution >= 0.6 is 0 Å². The lowest BCUT2D eigenvalue weighted by molar-refractivity contribution is 0.366. The van der Waals surface area contributed by atoms with E-state index >= 15 is 0 Å². The van der Waals surface area contributed by atoms with Gasteiger partial charge in [-0.2, -0.15) is 0 Å². The first kappa shape index (κ1) is 10.2. The summed E-state index contributed by atoms with van der Waals surface area (Å²) in [5, 5.41) is 0. The Morgan fingerprint density at radius 2 is 1.69 bits per heavy atom. The maximum atomic E-state index is 13.2. The van der Waals surface area contributed by atoms with Crippen molar-refractivity contribution >= 4 is 0 Å². The molecule has 0 saturated carbocycles. The van der Waals surface area contributed by atoms with E-state index in [-0.39, 0.29) is 5.41 Å². The van der Waals surface area contributed by atoms with Crippen molar-refractivity contribution in [2.75, 3.05) is 0 Å². The van der Waals surface area contributed by atoms with Crippen LogP contribution in [0.15, 0.2) is 24.3 Å². The van der Waals surface area contributed by atoms with E-state index in [1.54, 1.807) is 6.92 Å². The van der Waals surface area contributed by atoms with Gasteiger partial charge in [-0.25, -0.2) is 4.39 Å². The third-order valence-corrected chi connectivity index (χ3v) is 2.20. The van der Waals surface area contributed by atoms with Crippen molar-refractivity contribution < 1.29 is 4.39 Å². The molecular formula is C12H17F. The van der Waals surface area contributed by atoms with Crippen molar-refractivity contribution in [3.05, 3.63) is 35.4 Å². The zero-order valence-electron chi connectivity index (χ0n) is 8.76. The molecule has 1 unspecified atom stereocenters. The Morgan fingerprint density at radius 3 is 2.08 bits per heavy atom. The molecule has 0 amide bonds. The van der Waals surface area contributed by atoms with Crippen molar-refractivity contribution in [2.24, 2.45) is 0 Å². The maximum absolute atomic E-state index is 13.2. The molecule has 0 aliphatic carbocycles. The summed E-state index contributed by atoms with van der Waals surface area (Å²) in [4.78, 5) is 0. The molecule has 1 heteroatoms. The molecule has 0 aromatic heterocycles. The Morgan fingerprint density at radius 1 is 1.15 bits per heavy atom. The lowest BCUT2D eigenvalue weighted by Gasteiger charge is -2.23. The van der Waals surface area contributed by atoms with Crippen LogP contribution in [-0.4, -0.2) is 0 Å². The number of alkyl halides is 1. The van der Waals surface area contributed by atoms with Crippen LogP contribution < -0.4 is 0 Å². The van der Waals surface area contributed by atoms with E-state index in [2.05, 4.69) is 20.8 Å². The summed E-state index contributed by atoms with van der Waals surface area (Å²) < 4.78 is 13.2. The molecule has 1 rings (SSSR count). The first-order valence-electron chi connectivity index (χ1n) is 4.66. The fourth-order valence-electron chi connectivity index (χ4n) is 1.53. The Labute approximate surface area is 79.8 Å². The van der Waals surface area contributed by atoms with E-state index in [1.165, 1.54) is 0 Å². The van der Waals surface area contributed by atoms with Crippen molar-refractivity contribution in [3.63, 3.8) is 0 Å². The quantitative estimate of drug-likeness (QED) is 0.612. The first-order chi connectivity index (χ1) is 5.93. The van der Waals surface area contributed by atoms with Crippen molar-refractivity contribution in [1.29, 1.82) is 0 Å². The van der Waals surface area contributed by atoms with Gasteiger partial charge in [0.05, 0.1) is 0 Å². The highest BCUT2D eigenvalue weighted by atomic mass is 19.1. The van der Waals surface area contributed by atoms with Crippen LogP contribution in [0.2, 0.25) is 0 Å².